The highest BCUT2D eigenvalue weighted by atomic mass is 32.2. The van der Waals surface area contributed by atoms with E-state index in [1.54, 1.807) is 0 Å². The summed E-state index contributed by atoms with van der Waals surface area (Å²) in [5, 5.41) is 0. The van der Waals surface area contributed by atoms with Gasteiger partial charge in [0.15, 0.2) is 0 Å². The van der Waals surface area contributed by atoms with Crippen LogP contribution in [0.5, 0.6) is 0 Å². The predicted octanol–water partition coefficient (Wildman–Crippen LogP) is 3.64. The Labute approximate surface area is 125 Å². The molecule has 110 valence electrons. The largest absolute Gasteiger partial charge is 0.242 e. The van der Waals surface area contributed by atoms with Crippen LogP contribution in [0.25, 0.3) is 0 Å². The van der Waals surface area contributed by atoms with Crippen LogP contribution in [-0.4, -0.2) is 15.0 Å². The normalized spacial score (nSPS) is 14.8. The van der Waals surface area contributed by atoms with Gasteiger partial charge in [0.2, 0.25) is 0 Å². The second-order valence-corrected chi connectivity index (χ2v) is 7.84. The Balaban J connectivity index is 2.88. The average Bonchev–Trinajstić information content (AvgIpc) is 2.40. The minimum Gasteiger partial charge on any atom is -0.242 e. The minimum absolute atomic E-state index is 0.0347. The molecule has 0 bridgehead atoms. The van der Waals surface area contributed by atoms with E-state index < -0.39 is 11.0 Å². The Morgan fingerprint density at radius 3 is 2.20 bits per heavy atom. The molecule has 0 fully saturated rings. The third-order valence-electron chi connectivity index (χ3n) is 3.12. The van der Waals surface area contributed by atoms with Crippen molar-refractivity contribution in [1.29, 1.82) is 0 Å². The first kappa shape index (κ1) is 16.9. The monoisotopic (exact) mass is 291 g/mol. The number of benzene rings is 1. The summed E-state index contributed by atoms with van der Waals surface area (Å²) in [6.07, 6.45) is 4.51. The van der Waals surface area contributed by atoms with Crippen molar-refractivity contribution in [2.75, 3.05) is 0 Å². The molecular weight excluding hydrogens is 266 g/mol. The number of nitrogens with one attached hydrogen (secondary N) is 1. The molecule has 1 unspecified atom stereocenters. The van der Waals surface area contributed by atoms with Crippen molar-refractivity contribution in [2.24, 2.45) is 5.92 Å². The van der Waals surface area contributed by atoms with E-state index >= 15 is 0 Å². The molecule has 3 heteroatoms. The van der Waals surface area contributed by atoms with Gasteiger partial charge in [-0.1, -0.05) is 42.5 Å². The van der Waals surface area contributed by atoms with Crippen molar-refractivity contribution in [3.05, 3.63) is 61.2 Å². The summed E-state index contributed by atoms with van der Waals surface area (Å²) in [7, 11) is -1.11. The maximum absolute atomic E-state index is 12.3. The van der Waals surface area contributed by atoms with Crippen molar-refractivity contribution in [3.63, 3.8) is 0 Å². The average molecular weight is 291 g/mol. The van der Waals surface area contributed by atoms with Gasteiger partial charge >= 0.3 is 0 Å². The molecule has 0 aromatic heterocycles. The summed E-state index contributed by atoms with van der Waals surface area (Å²) in [6.45, 7) is 13.6. The molecule has 0 aliphatic carbocycles. The molecule has 20 heavy (non-hydrogen) atoms. The zero-order valence-corrected chi connectivity index (χ0v) is 13.5. The molecule has 0 heterocycles. The molecule has 1 rings (SSSR count). The second kappa shape index (κ2) is 7.55. The molecule has 1 aromatic carbocycles. The van der Waals surface area contributed by atoms with Crippen LogP contribution in [0.2, 0.25) is 0 Å². The molecule has 0 amide bonds. The van der Waals surface area contributed by atoms with Crippen LogP contribution < -0.4 is 4.72 Å². The first-order valence-corrected chi connectivity index (χ1v) is 8.00. The van der Waals surface area contributed by atoms with Gasteiger partial charge in [0, 0.05) is 12.0 Å². The minimum atomic E-state index is -1.11. The Morgan fingerprint density at radius 2 is 1.75 bits per heavy atom. The third kappa shape index (κ3) is 5.06. The predicted molar refractivity (Wildman–Crippen MR) is 88.8 cm³/mol. The molecule has 1 aromatic rings. The Kier molecular flexibility index (Phi) is 6.37. The first-order valence-electron chi connectivity index (χ1n) is 6.85. The fraction of sp³-hybridized carbons (Fsp3) is 0.412. The Hall–Kier alpha value is -1.19. The SMILES string of the molecule is C=CC(C=C)[C@@H](Cc1ccccc1)NS(=O)C(C)(C)C. The smallest absolute Gasteiger partial charge is 0.0973 e. The number of hydrogen-bond donors (Lipinski definition) is 1. The summed E-state index contributed by atoms with van der Waals surface area (Å²) in [6, 6.07) is 10.2. The van der Waals surface area contributed by atoms with Crippen molar-refractivity contribution < 1.29 is 4.21 Å². The first-order chi connectivity index (χ1) is 9.38. The third-order valence-corrected chi connectivity index (χ3v) is 4.75. The van der Waals surface area contributed by atoms with Gasteiger partial charge in [0.05, 0.1) is 15.7 Å². The van der Waals surface area contributed by atoms with Gasteiger partial charge in [-0.25, -0.2) is 8.93 Å². The highest BCUT2D eigenvalue weighted by molar-refractivity contribution is 7.84. The molecule has 0 aliphatic heterocycles. The molecule has 1 N–H and O–H groups in total. The number of hydrogen-bond acceptors (Lipinski definition) is 1. The van der Waals surface area contributed by atoms with Gasteiger partial charge in [-0.2, -0.15) is 0 Å². The van der Waals surface area contributed by atoms with Gasteiger partial charge in [0.1, 0.15) is 0 Å². The van der Waals surface area contributed by atoms with Crippen molar-refractivity contribution in [3.8, 4) is 0 Å². The molecular formula is C17H25NOS. The summed E-state index contributed by atoms with van der Waals surface area (Å²) in [4.78, 5) is 0. The topological polar surface area (TPSA) is 29.1 Å². The van der Waals surface area contributed by atoms with E-state index in [1.807, 2.05) is 51.1 Å². The van der Waals surface area contributed by atoms with Gasteiger partial charge in [-0.05, 0) is 32.8 Å². The fourth-order valence-electron chi connectivity index (χ4n) is 1.86. The summed E-state index contributed by atoms with van der Waals surface area (Å²) >= 11 is 0. The van der Waals surface area contributed by atoms with Gasteiger partial charge in [0.25, 0.3) is 0 Å². The van der Waals surface area contributed by atoms with E-state index in [2.05, 4.69) is 30.0 Å². The zero-order valence-electron chi connectivity index (χ0n) is 12.6. The summed E-state index contributed by atoms with van der Waals surface area (Å²) < 4.78 is 15.3. The second-order valence-electron chi connectivity index (χ2n) is 5.84. The van der Waals surface area contributed by atoms with E-state index in [4.69, 9.17) is 0 Å². The van der Waals surface area contributed by atoms with E-state index in [9.17, 15) is 4.21 Å². The van der Waals surface area contributed by atoms with Crippen LogP contribution >= 0.6 is 0 Å². The van der Waals surface area contributed by atoms with Crippen LogP contribution in [0.4, 0.5) is 0 Å². The van der Waals surface area contributed by atoms with Gasteiger partial charge < -0.3 is 0 Å². The lowest BCUT2D eigenvalue weighted by Crippen LogP contribution is -2.43. The molecule has 0 spiro atoms. The fourth-order valence-corrected chi connectivity index (χ4v) is 2.73. The maximum Gasteiger partial charge on any atom is 0.0973 e. The zero-order chi connectivity index (χ0) is 15.2. The van der Waals surface area contributed by atoms with Crippen LogP contribution in [0.15, 0.2) is 55.6 Å². The van der Waals surface area contributed by atoms with E-state index in [0.717, 1.165) is 6.42 Å². The van der Waals surface area contributed by atoms with Crippen LogP contribution in [0, 0.1) is 5.92 Å². The lowest BCUT2D eigenvalue weighted by molar-refractivity contribution is 0.524. The van der Waals surface area contributed by atoms with Crippen LogP contribution in [0.1, 0.15) is 26.3 Å². The van der Waals surface area contributed by atoms with Crippen molar-refractivity contribution >= 4 is 11.0 Å². The van der Waals surface area contributed by atoms with Gasteiger partial charge in [-0.3, -0.25) is 0 Å². The molecule has 0 radical (unpaired) electrons. The van der Waals surface area contributed by atoms with Gasteiger partial charge in [-0.15, -0.1) is 13.2 Å². The van der Waals surface area contributed by atoms with E-state index in [0.29, 0.717) is 0 Å². The summed E-state index contributed by atoms with van der Waals surface area (Å²) in [5.74, 6) is 0.0847. The Bertz CT molecular complexity index is 454. The van der Waals surface area contributed by atoms with Crippen molar-refractivity contribution in [1.82, 2.24) is 4.72 Å². The lowest BCUT2D eigenvalue weighted by Gasteiger charge is -2.27. The lowest BCUT2D eigenvalue weighted by atomic mass is 9.94. The maximum atomic E-state index is 12.3. The molecule has 0 saturated heterocycles. The number of rotatable bonds is 7. The van der Waals surface area contributed by atoms with Crippen molar-refractivity contribution in [2.45, 2.75) is 38.0 Å². The quantitative estimate of drug-likeness (QED) is 0.764. The molecule has 0 saturated carbocycles. The molecule has 2 atom stereocenters. The van der Waals surface area contributed by atoms with Crippen LogP contribution in [0.3, 0.4) is 0 Å². The van der Waals surface area contributed by atoms with Crippen LogP contribution in [-0.2, 0) is 17.4 Å². The molecule has 0 aliphatic rings. The summed E-state index contributed by atoms with van der Waals surface area (Å²) in [5.41, 5.74) is 1.21. The van der Waals surface area contributed by atoms with E-state index in [1.165, 1.54) is 5.56 Å². The standard InChI is InChI=1S/C17H25NOS/c1-6-15(7-2)16(18-20(19)17(3,4)5)13-14-11-9-8-10-12-14/h6-12,15-16,18H,1-2,13H2,3-5H3/t16-,20?/m1/s1. The highest BCUT2D eigenvalue weighted by Gasteiger charge is 2.25. The molecule has 2 nitrogen and oxygen atoms in total. The van der Waals surface area contributed by atoms with E-state index in [-0.39, 0.29) is 16.7 Å². The highest BCUT2D eigenvalue weighted by Crippen LogP contribution is 2.17. The Morgan fingerprint density at radius 1 is 1.20 bits per heavy atom.